The summed E-state index contributed by atoms with van der Waals surface area (Å²) in [6.45, 7) is -0.733. The van der Waals surface area contributed by atoms with Crippen molar-refractivity contribution in [3.8, 4) is 0 Å². The highest BCUT2D eigenvalue weighted by Crippen LogP contribution is 2.35. The van der Waals surface area contributed by atoms with Crippen LogP contribution in [0.2, 0.25) is 0 Å². The van der Waals surface area contributed by atoms with Crippen molar-refractivity contribution in [3.05, 3.63) is 35.9 Å². The lowest BCUT2D eigenvalue weighted by Crippen LogP contribution is -2.55. The van der Waals surface area contributed by atoms with Crippen molar-refractivity contribution < 1.29 is 38.4 Å². The normalized spacial score (nSPS) is 32.4. The van der Waals surface area contributed by atoms with Crippen molar-refractivity contribution in [1.82, 2.24) is 0 Å². The molecule has 0 aromatic heterocycles. The van der Waals surface area contributed by atoms with Crippen LogP contribution in [0.5, 0.6) is 0 Å². The summed E-state index contributed by atoms with van der Waals surface area (Å²) in [5.74, 6) is -0.799. The average molecular weight is 304 g/mol. The molecule has 0 bridgehead atoms. The lowest BCUT2D eigenvalue weighted by molar-refractivity contribution is -0.173. The zero-order chi connectivity index (χ0) is 15.6. The topological polar surface area (TPSA) is 96.2 Å². The van der Waals surface area contributed by atoms with E-state index in [1.54, 1.807) is 18.2 Å². The molecule has 0 spiro atoms. The first kappa shape index (κ1) is 15.8. The first-order valence-electron chi connectivity index (χ1n) is 6.11. The van der Waals surface area contributed by atoms with Crippen LogP contribution in [-0.4, -0.2) is 58.4 Å². The van der Waals surface area contributed by atoms with Gasteiger partial charge in [0.2, 0.25) is 0 Å². The Balaban J connectivity index is 2.04. The van der Waals surface area contributed by atoms with Crippen LogP contribution in [0.25, 0.3) is 0 Å². The third-order valence-electron chi connectivity index (χ3n) is 3.29. The number of rotatable bonds is 4. The van der Waals surface area contributed by atoms with Gasteiger partial charge in [-0.2, -0.15) is 0 Å². The van der Waals surface area contributed by atoms with E-state index in [1.165, 1.54) is 12.1 Å². The zero-order valence-electron chi connectivity index (χ0n) is 10.7. The molecule has 3 N–H and O–H groups in total. The fourth-order valence-electron chi connectivity index (χ4n) is 2.02. The van der Waals surface area contributed by atoms with Gasteiger partial charge in [0.05, 0.1) is 5.56 Å². The first-order chi connectivity index (χ1) is 9.87. The number of hydrogen-bond acceptors (Lipinski definition) is 6. The zero-order valence-corrected chi connectivity index (χ0v) is 10.7. The maximum absolute atomic E-state index is 12.9. The van der Waals surface area contributed by atoms with Gasteiger partial charge in [-0.15, -0.1) is 0 Å². The van der Waals surface area contributed by atoms with Gasteiger partial charge in [0.1, 0.15) is 18.8 Å². The highest BCUT2D eigenvalue weighted by Gasteiger charge is 2.61. The molecule has 1 fully saturated rings. The molecule has 21 heavy (non-hydrogen) atoms. The number of aliphatic hydroxyl groups excluding tert-OH is 2. The summed E-state index contributed by atoms with van der Waals surface area (Å²) < 4.78 is 35.2. The molecule has 1 heterocycles. The van der Waals surface area contributed by atoms with E-state index in [1.807, 2.05) is 0 Å². The molecule has 2 rings (SSSR count). The van der Waals surface area contributed by atoms with Crippen molar-refractivity contribution in [1.29, 1.82) is 0 Å². The Labute approximate surface area is 118 Å². The third-order valence-corrected chi connectivity index (χ3v) is 3.29. The van der Waals surface area contributed by atoms with E-state index in [-0.39, 0.29) is 5.56 Å². The molecule has 1 aliphatic rings. The number of carbonyl (C=O) groups excluding carboxylic acids is 1. The summed E-state index contributed by atoms with van der Waals surface area (Å²) >= 11 is 0. The van der Waals surface area contributed by atoms with Crippen molar-refractivity contribution in [2.75, 3.05) is 6.61 Å². The van der Waals surface area contributed by atoms with E-state index in [9.17, 15) is 28.9 Å². The third kappa shape index (κ3) is 2.88. The molecule has 4 atom stereocenters. The summed E-state index contributed by atoms with van der Waals surface area (Å²) in [4.78, 5) is 11.7. The van der Waals surface area contributed by atoms with Crippen LogP contribution in [-0.2, 0) is 9.47 Å². The van der Waals surface area contributed by atoms with Crippen molar-refractivity contribution in [2.45, 2.75) is 30.5 Å². The molecule has 1 saturated heterocycles. The van der Waals surface area contributed by atoms with Crippen LogP contribution >= 0.6 is 0 Å². The first-order valence-corrected chi connectivity index (χ1v) is 6.11. The van der Waals surface area contributed by atoms with Gasteiger partial charge in [-0.1, -0.05) is 18.2 Å². The van der Waals surface area contributed by atoms with Gasteiger partial charge in [0.25, 0.3) is 6.43 Å². The maximum atomic E-state index is 12.9. The highest BCUT2D eigenvalue weighted by molar-refractivity contribution is 5.89. The number of aliphatic hydroxyl groups is 3. The Kier molecular flexibility index (Phi) is 4.52. The second kappa shape index (κ2) is 6.02. The minimum absolute atomic E-state index is 0.192. The second-order valence-corrected chi connectivity index (χ2v) is 4.61. The van der Waals surface area contributed by atoms with E-state index in [4.69, 9.17) is 4.74 Å². The van der Waals surface area contributed by atoms with E-state index < -0.39 is 43.1 Å². The Morgan fingerprint density at radius 2 is 1.95 bits per heavy atom. The molecular formula is C13H14F2O6. The number of carbonyl (C=O) groups is 1. The number of halogens is 2. The quantitative estimate of drug-likeness (QED) is 0.673. The molecule has 1 unspecified atom stereocenters. The Bertz CT molecular complexity index is 497. The van der Waals surface area contributed by atoms with Crippen molar-refractivity contribution >= 4 is 5.97 Å². The number of esters is 1. The second-order valence-electron chi connectivity index (χ2n) is 4.61. The molecule has 0 amide bonds. The van der Waals surface area contributed by atoms with Crippen molar-refractivity contribution in [2.24, 2.45) is 0 Å². The smallest absolute Gasteiger partial charge is 0.338 e. The predicted octanol–water partition coefficient (Wildman–Crippen LogP) is -0.0823. The van der Waals surface area contributed by atoms with E-state index >= 15 is 0 Å². The van der Waals surface area contributed by atoms with Crippen LogP contribution in [0.15, 0.2) is 30.3 Å². The molecule has 6 nitrogen and oxygen atoms in total. The van der Waals surface area contributed by atoms with Gasteiger partial charge in [0, 0.05) is 0 Å². The largest absolute Gasteiger partial charge is 0.459 e. The van der Waals surface area contributed by atoms with Crippen LogP contribution in [0.4, 0.5) is 8.78 Å². The maximum Gasteiger partial charge on any atom is 0.338 e. The molecular weight excluding hydrogens is 290 g/mol. The van der Waals surface area contributed by atoms with Gasteiger partial charge in [0.15, 0.2) is 11.9 Å². The van der Waals surface area contributed by atoms with Crippen LogP contribution < -0.4 is 0 Å². The fourth-order valence-corrected chi connectivity index (χ4v) is 2.02. The SMILES string of the molecule is O=C(OC[C@H]1OC(O)[C@H](O)[C@]1(O)C(F)F)c1ccccc1. The molecule has 1 aromatic rings. The van der Waals surface area contributed by atoms with Crippen LogP contribution in [0.1, 0.15) is 10.4 Å². The molecule has 0 saturated carbocycles. The summed E-state index contributed by atoms with van der Waals surface area (Å²) in [6, 6.07) is 7.78. The molecule has 8 heteroatoms. The lowest BCUT2D eigenvalue weighted by atomic mass is 9.93. The van der Waals surface area contributed by atoms with Crippen LogP contribution in [0.3, 0.4) is 0 Å². The summed E-state index contributed by atoms with van der Waals surface area (Å²) in [5.41, 5.74) is -2.81. The number of benzene rings is 1. The number of hydrogen-bond donors (Lipinski definition) is 3. The number of alkyl halides is 2. The number of ether oxygens (including phenoxy) is 2. The standard InChI is InChI=1S/C13H14F2O6/c14-12(15)13(19)8(21-11(18)9(13)16)6-20-10(17)7-4-2-1-3-5-7/h1-5,8-9,11-12,16,18-19H,6H2/t8-,9+,11?,13+/m1/s1. The molecule has 1 aromatic carbocycles. The van der Waals surface area contributed by atoms with E-state index in [2.05, 4.69) is 4.74 Å². The Morgan fingerprint density at radius 1 is 1.33 bits per heavy atom. The van der Waals surface area contributed by atoms with Crippen LogP contribution in [0, 0.1) is 0 Å². The van der Waals surface area contributed by atoms with Gasteiger partial charge in [-0.3, -0.25) is 0 Å². The lowest BCUT2D eigenvalue weighted by Gasteiger charge is -2.29. The molecule has 0 aliphatic carbocycles. The van der Waals surface area contributed by atoms with Gasteiger partial charge in [-0.05, 0) is 12.1 Å². The summed E-state index contributed by atoms with van der Waals surface area (Å²) in [7, 11) is 0. The monoisotopic (exact) mass is 304 g/mol. The Hall–Kier alpha value is -1.61. The minimum atomic E-state index is -3.38. The molecule has 116 valence electrons. The Morgan fingerprint density at radius 3 is 2.52 bits per heavy atom. The van der Waals surface area contributed by atoms with Gasteiger partial charge < -0.3 is 24.8 Å². The molecule has 0 radical (unpaired) electrons. The average Bonchev–Trinajstić information content (AvgIpc) is 2.71. The predicted molar refractivity (Wildman–Crippen MR) is 64.6 cm³/mol. The summed E-state index contributed by atoms with van der Waals surface area (Å²) in [6.07, 6.45) is -9.30. The van der Waals surface area contributed by atoms with E-state index in [0.717, 1.165) is 0 Å². The van der Waals surface area contributed by atoms with Gasteiger partial charge >= 0.3 is 5.97 Å². The molecule has 1 aliphatic heterocycles. The highest BCUT2D eigenvalue weighted by atomic mass is 19.3. The fraction of sp³-hybridized carbons (Fsp3) is 0.462. The minimum Gasteiger partial charge on any atom is -0.459 e. The van der Waals surface area contributed by atoms with Gasteiger partial charge in [-0.25, -0.2) is 13.6 Å². The van der Waals surface area contributed by atoms with E-state index in [0.29, 0.717) is 0 Å². The summed E-state index contributed by atoms with van der Waals surface area (Å²) in [5, 5.41) is 28.4. The van der Waals surface area contributed by atoms with Crippen molar-refractivity contribution in [3.63, 3.8) is 0 Å².